The maximum absolute atomic E-state index is 5.19. The van der Waals surface area contributed by atoms with E-state index in [0.29, 0.717) is 0 Å². The van der Waals surface area contributed by atoms with Crippen molar-refractivity contribution in [3.05, 3.63) is 187 Å². The Morgan fingerprint density at radius 3 is 1.06 bits per heavy atom. The normalized spacial score (nSPS) is 11.6. The van der Waals surface area contributed by atoms with E-state index in [2.05, 4.69) is 133 Å². The molecule has 0 amide bonds. The number of aliphatic imine (C=N–C) groups is 2. The average Bonchev–Trinajstić information content (AvgIpc) is 3.16. The first kappa shape index (κ1) is 33.2. The molecule has 0 saturated carbocycles. The molecule has 3 nitrogen and oxygen atoms in total. The third-order valence-corrected chi connectivity index (χ3v) is 8.45. The van der Waals surface area contributed by atoms with Crippen molar-refractivity contribution in [3.63, 3.8) is 0 Å². The van der Waals surface area contributed by atoms with Crippen molar-refractivity contribution in [3.8, 4) is 44.5 Å². The zero-order chi connectivity index (χ0) is 32.7. The molecule has 238 valence electrons. The Balaban J connectivity index is 0.00000417. The first-order valence-corrected chi connectivity index (χ1v) is 16.2. The molecule has 0 aliphatic carbocycles. The Morgan fingerprint density at radius 2 is 0.694 bits per heavy atom. The Labute approximate surface area is 299 Å². The van der Waals surface area contributed by atoms with E-state index in [1.54, 1.807) is 0 Å². The van der Waals surface area contributed by atoms with Crippen molar-refractivity contribution >= 4 is 22.8 Å². The minimum Gasteiger partial charge on any atom is -0.251 e. The van der Waals surface area contributed by atoms with Gasteiger partial charge in [-0.3, -0.25) is 9.98 Å². The number of pyridine rings is 1. The number of benzene rings is 6. The second-order valence-corrected chi connectivity index (χ2v) is 11.7. The van der Waals surface area contributed by atoms with E-state index in [4.69, 9.17) is 15.0 Å². The molecule has 0 aliphatic rings. The van der Waals surface area contributed by atoms with Gasteiger partial charge >= 0.3 is 0 Å². The van der Waals surface area contributed by atoms with E-state index >= 15 is 0 Å². The monoisotopic (exact) mass is 673 g/mol. The van der Waals surface area contributed by atoms with E-state index in [9.17, 15) is 0 Å². The third kappa shape index (κ3) is 7.42. The molecule has 0 radical (unpaired) electrons. The minimum atomic E-state index is 0. The molecule has 49 heavy (non-hydrogen) atoms. The number of hydrogen-bond donors (Lipinski definition) is 0. The molecule has 7 aromatic rings. The SMILES string of the molecule is CC(=Nc1cccc(-c2ccccc2)c1-c1ccccc1)c1cccc(C(C)=Nc2cccc(-c3ccccc3)c2-c2ccccc2)n1.[Fe]. The van der Waals surface area contributed by atoms with Gasteiger partial charge in [-0.25, -0.2) is 4.98 Å². The summed E-state index contributed by atoms with van der Waals surface area (Å²) >= 11 is 0. The minimum absolute atomic E-state index is 0. The van der Waals surface area contributed by atoms with E-state index in [-0.39, 0.29) is 17.1 Å². The van der Waals surface area contributed by atoms with Crippen LogP contribution in [0, 0.1) is 0 Å². The van der Waals surface area contributed by atoms with Gasteiger partial charge in [-0.15, -0.1) is 0 Å². The zero-order valence-corrected chi connectivity index (χ0v) is 28.5. The van der Waals surface area contributed by atoms with Crippen LogP contribution in [0.3, 0.4) is 0 Å². The summed E-state index contributed by atoms with van der Waals surface area (Å²) in [5, 5.41) is 0. The molecule has 0 atom stereocenters. The maximum atomic E-state index is 5.19. The van der Waals surface area contributed by atoms with Crippen LogP contribution in [0.25, 0.3) is 44.5 Å². The van der Waals surface area contributed by atoms with Gasteiger partial charge in [0.15, 0.2) is 0 Å². The standard InChI is InChI=1S/C45H35N3.Fe/c1-32(46-42-30-15-26-38(34-18-7-3-8-19-34)44(42)36-22-11-5-12-23-36)40-28-17-29-41(48-40)33(2)47-43-31-16-27-39(35-20-9-4-10-21-35)45(43)37-24-13-6-14-25-37;/h3-31H,1-2H3;. The fourth-order valence-electron chi connectivity index (χ4n) is 6.11. The molecule has 0 N–H and O–H groups in total. The predicted molar refractivity (Wildman–Crippen MR) is 203 cm³/mol. The third-order valence-electron chi connectivity index (χ3n) is 8.45. The van der Waals surface area contributed by atoms with Crippen LogP contribution >= 0.6 is 0 Å². The Kier molecular flexibility index (Phi) is 10.5. The van der Waals surface area contributed by atoms with Gasteiger partial charge in [-0.1, -0.05) is 152 Å². The Bertz CT molecular complexity index is 2070. The van der Waals surface area contributed by atoms with Crippen molar-refractivity contribution in [2.45, 2.75) is 13.8 Å². The second kappa shape index (κ2) is 15.5. The number of rotatable bonds is 8. The van der Waals surface area contributed by atoms with Crippen LogP contribution in [0.2, 0.25) is 0 Å². The van der Waals surface area contributed by atoms with E-state index in [1.165, 1.54) is 0 Å². The first-order valence-electron chi connectivity index (χ1n) is 16.2. The van der Waals surface area contributed by atoms with Gasteiger partial charge in [-0.2, -0.15) is 0 Å². The number of aromatic nitrogens is 1. The van der Waals surface area contributed by atoms with Gasteiger partial charge in [0.25, 0.3) is 0 Å². The maximum Gasteiger partial charge on any atom is 0.0849 e. The summed E-state index contributed by atoms with van der Waals surface area (Å²) in [5.41, 5.74) is 14.2. The Hall–Kier alpha value is -5.67. The van der Waals surface area contributed by atoms with Gasteiger partial charge in [0, 0.05) is 28.2 Å². The molecule has 0 unspecified atom stereocenters. The number of nitrogens with zero attached hydrogens (tertiary/aromatic N) is 3. The summed E-state index contributed by atoms with van der Waals surface area (Å²) in [4.78, 5) is 15.4. The van der Waals surface area contributed by atoms with Gasteiger partial charge in [0.05, 0.1) is 34.2 Å². The van der Waals surface area contributed by atoms with Gasteiger partial charge < -0.3 is 0 Å². The van der Waals surface area contributed by atoms with Crippen LogP contribution in [0.4, 0.5) is 11.4 Å². The van der Waals surface area contributed by atoms with Crippen molar-refractivity contribution in [2.75, 3.05) is 0 Å². The molecule has 4 heteroatoms. The molecule has 0 bridgehead atoms. The van der Waals surface area contributed by atoms with Gasteiger partial charge in [0.1, 0.15) is 0 Å². The van der Waals surface area contributed by atoms with Crippen molar-refractivity contribution < 1.29 is 17.1 Å². The molecule has 7 rings (SSSR count). The molecule has 1 heterocycles. The largest absolute Gasteiger partial charge is 0.251 e. The second-order valence-electron chi connectivity index (χ2n) is 11.7. The fourth-order valence-corrected chi connectivity index (χ4v) is 6.11. The summed E-state index contributed by atoms with van der Waals surface area (Å²) in [6.45, 7) is 4.05. The topological polar surface area (TPSA) is 37.6 Å². The summed E-state index contributed by atoms with van der Waals surface area (Å²) in [6.07, 6.45) is 0. The van der Waals surface area contributed by atoms with E-state index < -0.39 is 0 Å². The molecular formula is C45H35FeN3. The Morgan fingerprint density at radius 1 is 0.367 bits per heavy atom. The quantitative estimate of drug-likeness (QED) is 0.117. The summed E-state index contributed by atoms with van der Waals surface area (Å²) in [5.74, 6) is 0. The summed E-state index contributed by atoms with van der Waals surface area (Å²) in [7, 11) is 0. The molecule has 0 fully saturated rings. The van der Waals surface area contributed by atoms with Crippen molar-refractivity contribution in [2.24, 2.45) is 9.98 Å². The van der Waals surface area contributed by atoms with Crippen LogP contribution < -0.4 is 0 Å². The van der Waals surface area contributed by atoms with E-state index in [0.717, 1.165) is 78.7 Å². The first-order chi connectivity index (χ1) is 23.7. The molecule has 6 aromatic carbocycles. The van der Waals surface area contributed by atoms with Gasteiger partial charge in [0.2, 0.25) is 0 Å². The van der Waals surface area contributed by atoms with Crippen LogP contribution in [-0.4, -0.2) is 16.4 Å². The van der Waals surface area contributed by atoms with Crippen molar-refractivity contribution in [1.82, 2.24) is 4.98 Å². The molecule has 0 saturated heterocycles. The average molecular weight is 674 g/mol. The molecular weight excluding hydrogens is 638 g/mol. The summed E-state index contributed by atoms with van der Waals surface area (Å²) < 4.78 is 0. The van der Waals surface area contributed by atoms with Crippen molar-refractivity contribution in [1.29, 1.82) is 0 Å². The zero-order valence-electron chi connectivity index (χ0n) is 27.4. The van der Waals surface area contributed by atoms with Gasteiger partial charge in [-0.05, 0) is 71.5 Å². The van der Waals surface area contributed by atoms with Crippen LogP contribution in [-0.2, 0) is 17.1 Å². The molecule has 0 aliphatic heterocycles. The molecule has 0 spiro atoms. The van der Waals surface area contributed by atoms with E-state index in [1.807, 2.05) is 56.3 Å². The fraction of sp³-hybridized carbons (Fsp3) is 0.0444. The van der Waals surface area contributed by atoms with Crippen LogP contribution in [0.1, 0.15) is 25.2 Å². The smallest absolute Gasteiger partial charge is 0.0849 e. The number of hydrogen-bond acceptors (Lipinski definition) is 3. The summed E-state index contributed by atoms with van der Waals surface area (Å²) in [6, 6.07) is 60.7. The predicted octanol–water partition coefficient (Wildman–Crippen LogP) is 12.0. The molecule has 1 aromatic heterocycles. The van der Waals surface area contributed by atoms with Crippen LogP contribution in [0.5, 0.6) is 0 Å². The van der Waals surface area contributed by atoms with Crippen LogP contribution in [0.15, 0.2) is 186 Å².